The average Bonchev–Trinajstić information content (AvgIpc) is 2.71. The molecule has 1 amide bonds. The van der Waals surface area contributed by atoms with E-state index in [0.29, 0.717) is 43.0 Å². The second-order valence-corrected chi connectivity index (χ2v) is 6.61. The van der Waals surface area contributed by atoms with Gasteiger partial charge in [0, 0.05) is 37.2 Å². The van der Waals surface area contributed by atoms with E-state index in [-0.39, 0.29) is 30.7 Å². The molecule has 10 heteroatoms. The number of anilines is 1. The van der Waals surface area contributed by atoms with Crippen molar-refractivity contribution in [2.75, 3.05) is 31.1 Å². The normalized spacial score (nSPS) is 15.2. The van der Waals surface area contributed by atoms with Crippen LogP contribution in [0.15, 0.2) is 36.7 Å². The number of nitrogens with zero attached hydrogens (tertiary/aromatic N) is 3. The molecule has 1 saturated heterocycles. The van der Waals surface area contributed by atoms with Crippen molar-refractivity contribution in [1.82, 2.24) is 15.3 Å². The molecular formula is C19H21F3N4O3. The topological polar surface area (TPSA) is 87.6 Å². The fraction of sp³-hybridized carbons (Fsp3) is 0.421. The second-order valence-electron chi connectivity index (χ2n) is 6.61. The number of ether oxygens (including phenoxy) is 1. The highest BCUT2D eigenvalue weighted by atomic mass is 19.4. The maximum Gasteiger partial charge on any atom is 0.573 e. The third kappa shape index (κ3) is 5.80. The van der Waals surface area contributed by atoms with E-state index in [1.165, 1.54) is 30.6 Å². The minimum atomic E-state index is -4.73. The zero-order valence-electron chi connectivity index (χ0n) is 15.5. The van der Waals surface area contributed by atoms with Crippen LogP contribution in [0.3, 0.4) is 0 Å². The maximum atomic E-state index is 12.3. The molecule has 1 fully saturated rings. The number of hydrogen-bond donors (Lipinski definition) is 2. The lowest BCUT2D eigenvalue weighted by Gasteiger charge is -2.32. The van der Waals surface area contributed by atoms with E-state index >= 15 is 0 Å². The summed E-state index contributed by atoms with van der Waals surface area (Å²) in [7, 11) is 0. The Hall–Kier alpha value is -2.88. The number of piperidine rings is 1. The Kier molecular flexibility index (Phi) is 6.53. The van der Waals surface area contributed by atoms with Crippen LogP contribution in [0.5, 0.6) is 5.75 Å². The number of carbonyl (C=O) groups is 1. The van der Waals surface area contributed by atoms with Crippen molar-refractivity contribution in [3.05, 3.63) is 36.7 Å². The van der Waals surface area contributed by atoms with Crippen LogP contribution in [0.25, 0.3) is 11.3 Å². The number of benzene rings is 1. The van der Waals surface area contributed by atoms with Crippen LogP contribution >= 0.6 is 0 Å². The van der Waals surface area contributed by atoms with E-state index in [1.807, 2.05) is 4.90 Å². The molecule has 1 aromatic carbocycles. The Morgan fingerprint density at radius 3 is 2.52 bits per heavy atom. The molecule has 29 heavy (non-hydrogen) atoms. The number of aliphatic hydroxyl groups excluding tert-OH is 1. The van der Waals surface area contributed by atoms with E-state index in [1.54, 1.807) is 6.07 Å². The Bertz CT molecular complexity index is 822. The minimum absolute atomic E-state index is 0.0526. The molecule has 0 aliphatic carbocycles. The molecule has 0 spiro atoms. The van der Waals surface area contributed by atoms with Crippen LogP contribution in [0.2, 0.25) is 0 Å². The quantitative estimate of drug-likeness (QED) is 0.760. The summed E-state index contributed by atoms with van der Waals surface area (Å²) in [6.45, 7) is 1.46. The van der Waals surface area contributed by atoms with Crippen LogP contribution in [0, 0.1) is 5.92 Å². The first-order valence-corrected chi connectivity index (χ1v) is 9.17. The first-order chi connectivity index (χ1) is 13.9. The first-order valence-electron chi connectivity index (χ1n) is 9.17. The van der Waals surface area contributed by atoms with Crippen molar-refractivity contribution in [2.24, 2.45) is 5.92 Å². The van der Waals surface area contributed by atoms with Gasteiger partial charge in [0.15, 0.2) is 0 Å². The third-order valence-electron chi connectivity index (χ3n) is 4.64. The van der Waals surface area contributed by atoms with Crippen molar-refractivity contribution in [1.29, 1.82) is 0 Å². The highest BCUT2D eigenvalue weighted by molar-refractivity contribution is 5.79. The Morgan fingerprint density at radius 2 is 1.90 bits per heavy atom. The Morgan fingerprint density at radius 1 is 1.21 bits per heavy atom. The van der Waals surface area contributed by atoms with Crippen LogP contribution < -0.4 is 15.0 Å². The van der Waals surface area contributed by atoms with Gasteiger partial charge in [0.25, 0.3) is 0 Å². The molecule has 156 valence electrons. The molecule has 1 aliphatic rings. The van der Waals surface area contributed by atoms with Gasteiger partial charge in [0.05, 0.1) is 12.3 Å². The van der Waals surface area contributed by atoms with E-state index in [9.17, 15) is 18.0 Å². The molecule has 0 atom stereocenters. The smallest absolute Gasteiger partial charge is 0.406 e. The number of carbonyl (C=O) groups excluding carboxylic acids is 1. The zero-order chi connectivity index (χ0) is 20.9. The van der Waals surface area contributed by atoms with Crippen LogP contribution in [0.1, 0.15) is 12.8 Å². The number of rotatable bonds is 6. The summed E-state index contributed by atoms with van der Waals surface area (Å²) in [5.41, 5.74) is 1.22. The molecule has 1 aliphatic heterocycles. The molecular weight excluding hydrogens is 389 g/mol. The SMILES string of the molecule is O=C(NCCO)C1CCN(c2cc(-c3ccc(OC(F)(F)F)cc3)ncn2)CC1. The Balaban J connectivity index is 1.64. The highest BCUT2D eigenvalue weighted by Crippen LogP contribution is 2.28. The summed E-state index contributed by atoms with van der Waals surface area (Å²) < 4.78 is 40.7. The molecule has 2 N–H and O–H groups in total. The first kappa shape index (κ1) is 20.8. The molecule has 0 saturated carbocycles. The summed E-state index contributed by atoms with van der Waals surface area (Å²) >= 11 is 0. The van der Waals surface area contributed by atoms with Crippen LogP contribution in [-0.4, -0.2) is 53.6 Å². The molecule has 1 aromatic heterocycles. The fourth-order valence-electron chi connectivity index (χ4n) is 3.20. The van der Waals surface area contributed by atoms with Crippen molar-refractivity contribution < 1.29 is 27.8 Å². The van der Waals surface area contributed by atoms with E-state index < -0.39 is 6.36 Å². The van der Waals surface area contributed by atoms with E-state index in [4.69, 9.17) is 5.11 Å². The summed E-state index contributed by atoms with van der Waals surface area (Å²) in [6, 6.07) is 7.25. The highest BCUT2D eigenvalue weighted by Gasteiger charge is 2.31. The van der Waals surface area contributed by atoms with Crippen molar-refractivity contribution in [3.63, 3.8) is 0 Å². The van der Waals surface area contributed by atoms with Gasteiger partial charge in [0.2, 0.25) is 5.91 Å². The van der Waals surface area contributed by atoms with Gasteiger partial charge in [-0.15, -0.1) is 13.2 Å². The number of amides is 1. The van der Waals surface area contributed by atoms with Crippen molar-refractivity contribution >= 4 is 11.7 Å². The standard InChI is InChI=1S/C19H21F3N4O3/c20-19(21,22)29-15-3-1-13(2-4-15)16-11-17(25-12-24-16)26-8-5-14(6-9-26)18(28)23-7-10-27/h1-4,11-12,14,27H,5-10H2,(H,23,28). The zero-order valence-corrected chi connectivity index (χ0v) is 15.5. The lowest BCUT2D eigenvalue weighted by molar-refractivity contribution is -0.274. The van der Waals surface area contributed by atoms with Gasteiger partial charge < -0.3 is 20.1 Å². The summed E-state index contributed by atoms with van der Waals surface area (Å²) in [6.07, 6.45) is -1.99. The molecule has 2 aromatic rings. The molecule has 7 nitrogen and oxygen atoms in total. The number of nitrogens with one attached hydrogen (secondary N) is 1. The number of aromatic nitrogens is 2. The van der Waals surface area contributed by atoms with Gasteiger partial charge in [-0.25, -0.2) is 9.97 Å². The molecule has 2 heterocycles. The predicted octanol–water partition coefficient (Wildman–Crippen LogP) is 2.37. The van der Waals surface area contributed by atoms with E-state index in [2.05, 4.69) is 20.0 Å². The lowest BCUT2D eigenvalue weighted by Crippen LogP contribution is -2.41. The summed E-state index contributed by atoms with van der Waals surface area (Å²) in [5.74, 6) is 0.250. The summed E-state index contributed by atoms with van der Waals surface area (Å²) in [5, 5.41) is 11.5. The monoisotopic (exact) mass is 410 g/mol. The average molecular weight is 410 g/mol. The summed E-state index contributed by atoms with van der Waals surface area (Å²) in [4.78, 5) is 22.5. The molecule has 0 unspecified atom stereocenters. The predicted molar refractivity (Wildman–Crippen MR) is 99.2 cm³/mol. The Labute approximate surface area is 165 Å². The number of aliphatic hydroxyl groups is 1. The van der Waals surface area contributed by atoms with E-state index in [0.717, 1.165) is 0 Å². The largest absolute Gasteiger partial charge is 0.573 e. The fourth-order valence-corrected chi connectivity index (χ4v) is 3.20. The maximum absolute atomic E-state index is 12.3. The van der Waals surface area contributed by atoms with Crippen molar-refractivity contribution in [3.8, 4) is 17.0 Å². The van der Waals surface area contributed by atoms with Gasteiger partial charge in [-0.3, -0.25) is 4.79 Å². The van der Waals surface area contributed by atoms with Crippen molar-refractivity contribution in [2.45, 2.75) is 19.2 Å². The van der Waals surface area contributed by atoms with Gasteiger partial charge in [-0.1, -0.05) is 0 Å². The molecule has 0 radical (unpaired) electrons. The van der Waals surface area contributed by atoms with Gasteiger partial charge in [-0.2, -0.15) is 0 Å². The van der Waals surface area contributed by atoms with Crippen LogP contribution in [-0.2, 0) is 4.79 Å². The number of alkyl halides is 3. The van der Waals surface area contributed by atoms with Gasteiger partial charge in [-0.05, 0) is 37.1 Å². The third-order valence-corrected chi connectivity index (χ3v) is 4.64. The minimum Gasteiger partial charge on any atom is -0.406 e. The van der Waals surface area contributed by atoms with Crippen LogP contribution in [0.4, 0.5) is 19.0 Å². The molecule has 3 rings (SSSR count). The second kappa shape index (κ2) is 9.08. The van der Waals surface area contributed by atoms with Gasteiger partial charge in [0.1, 0.15) is 17.9 Å². The number of hydrogen-bond acceptors (Lipinski definition) is 6. The number of halogens is 3. The molecule has 0 bridgehead atoms. The lowest BCUT2D eigenvalue weighted by atomic mass is 9.96. The van der Waals surface area contributed by atoms with Gasteiger partial charge >= 0.3 is 6.36 Å².